The van der Waals surface area contributed by atoms with Crippen molar-refractivity contribution in [3.05, 3.63) is 34.9 Å². The second-order valence-corrected chi connectivity index (χ2v) is 7.93. The average Bonchev–Trinajstić information content (AvgIpc) is 2.31. The predicted molar refractivity (Wildman–Crippen MR) is 79.1 cm³/mol. The molecule has 0 amide bonds. The maximum atomic E-state index is 11.7. The van der Waals surface area contributed by atoms with E-state index in [1.54, 1.807) is 0 Å². The third kappa shape index (κ3) is 3.80. The van der Waals surface area contributed by atoms with Gasteiger partial charge < -0.3 is 5.32 Å². The van der Waals surface area contributed by atoms with E-state index in [2.05, 4.69) is 44.3 Å². The van der Waals surface area contributed by atoms with Crippen molar-refractivity contribution in [1.82, 2.24) is 5.32 Å². The Balaban J connectivity index is 2.08. The van der Waals surface area contributed by atoms with Crippen molar-refractivity contribution in [3.8, 4) is 0 Å². The number of benzene rings is 1. The fraction of sp³-hybridized carbons (Fsp3) is 0.600. The molecule has 1 aromatic rings. The van der Waals surface area contributed by atoms with Crippen LogP contribution < -0.4 is 5.32 Å². The predicted octanol–water partition coefficient (Wildman–Crippen LogP) is 2.53. The Bertz CT molecular complexity index is 551. The molecule has 0 saturated carbocycles. The van der Waals surface area contributed by atoms with E-state index >= 15 is 0 Å². The molecule has 0 spiro atoms. The molecule has 1 heterocycles. The summed E-state index contributed by atoms with van der Waals surface area (Å²) in [4.78, 5) is 0. The average molecular weight is 281 g/mol. The summed E-state index contributed by atoms with van der Waals surface area (Å²) < 4.78 is 23.3. The second-order valence-electron chi connectivity index (χ2n) is 5.70. The zero-order valence-electron chi connectivity index (χ0n) is 11.9. The van der Waals surface area contributed by atoms with Crippen LogP contribution in [0.25, 0.3) is 0 Å². The van der Waals surface area contributed by atoms with Crippen LogP contribution in [-0.2, 0) is 9.84 Å². The normalized spacial score (nSPS) is 24.1. The van der Waals surface area contributed by atoms with Gasteiger partial charge in [0.15, 0.2) is 9.84 Å². The molecular formula is C15H23NO2S. The lowest BCUT2D eigenvalue weighted by molar-refractivity contribution is 0.436. The van der Waals surface area contributed by atoms with Gasteiger partial charge in [-0.1, -0.05) is 23.8 Å². The number of hydrogen-bond donors (Lipinski definition) is 1. The third-order valence-electron chi connectivity index (χ3n) is 3.85. The third-order valence-corrected chi connectivity index (χ3v) is 5.67. The highest BCUT2D eigenvalue weighted by atomic mass is 32.2. The second kappa shape index (κ2) is 5.63. The molecule has 1 aliphatic heterocycles. The molecule has 106 valence electrons. The van der Waals surface area contributed by atoms with Gasteiger partial charge in [-0.3, -0.25) is 0 Å². The summed E-state index contributed by atoms with van der Waals surface area (Å²) >= 11 is 0. The van der Waals surface area contributed by atoms with E-state index in [1.165, 1.54) is 16.7 Å². The molecule has 2 unspecified atom stereocenters. The Morgan fingerprint density at radius 2 is 2.05 bits per heavy atom. The number of aryl methyl sites for hydroxylation is 2. The highest BCUT2D eigenvalue weighted by Crippen LogP contribution is 2.21. The maximum Gasteiger partial charge on any atom is 0.151 e. The highest BCUT2D eigenvalue weighted by Gasteiger charge is 2.26. The van der Waals surface area contributed by atoms with Crippen molar-refractivity contribution in [2.75, 3.05) is 11.5 Å². The van der Waals surface area contributed by atoms with Gasteiger partial charge in [-0.05, 0) is 44.7 Å². The molecule has 1 fully saturated rings. The van der Waals surface area contributed by atoms with Crippen LogP contribution in [0, 0.1) is 13.8 Å². The standard InChI is InChI=1S/C15H23NO2S/c1-11-6-7-12(2)15(9-11)13(3)16-14-5-4-8-19(17,18)10-14/h6-7,9,13-14,16H,4-5,8,10H2,1-3H3. The quantitative estimate of drug-likeness (QED) is 0.926. The summed E-state index contributed by atoms with van der Waals surface area (Å²) in [6.45, 7) is 6.30. The van der Waals surface area contributed by atoms with Crippen molar-refractivity contribution in [2.45, 2.75) is 45.7 Å². The molecule has 2 rings (SSSR count). The molecule has 0 bridgehead atoms. The lowest BCUT2D eigenvalue weighted by Crippen LogP contribution is -2.41. The first kappa shape index (κ1) is 14.5. The molecule has 0 aromatic heterocycles. The zero-order chi connectivity index (χ0) is 14.0. The molecule has 2 atom stereocenters. The Hall–Kier alpha value is -0.870. The Morgan fingerprint density at radius 3 is 2.74 bits per heavy atom. The van der Waals surface area contributed by atoms with Crippen LogP contribution in [0.2, 0.25) is 0 Å². The molecule has 1 saturated heterocycles. The van der Waals surface area contributed by atoms with E-state index in [-0.39, 0.29) is 17.8 Å². The van der Waals surface area contributed by atoms with Crippen molar-refractivity contribution in [2.24, 2.45) is 0 Å². The van der Waals surface area contributed by atoms with Gasteiger partial charge in [0.1, 0.15) is 0 Å². The molecule has 0 aliphatic carbocycles. The Labute approximate surface area is 116 Å². The lowest BCUT2D eigenvalue weighted by atomic mass is 9.99. The first-order chi connectivity index (χ1) is 8.87. The monoisotopic (exact) mass is 281 g/mol. The van der Waals surface area contributed by atoms with Crippen LogP contribution in [-0.4, -0.2) is 26.0 Å². The largest absolute Gasteiger partial charge is 0.306 e. The SMILES string of the molecule is Cc1ccc(C)c(C(C)NC2CCCS(=O)(=O)C2)c1. The molecule has 19 heavy (non-hydrogen) atoms. The Morgan fingerprint density at radius 1 is 1.32 bits per heavy atom. The van der Waals surface area contributed by atoms with Gasteiger partial charge in [0.2, 0.25) is 0 Å². The molecule has 1 N–H and O–H groups in total. The number of hydrogen-bond acceptors (Lipinski definition) is 3. The minimum absolute atomic E-state index is 0.0914. The molecule has 4 heteroatoms. The molecular weight excluding hydrogens is 258 g/mol. The molecule has 0 radical (unpaired) electrons. The van der Waals surface area contributed by atoms with Crippen molar-refractivity contribution in [1.29, 1.82) is 0 Å². The number of sulfone groups is 1. The number of nitrogens with one attached hydrogen (secondary N) is 1. The van der Waals surface area contributed by atoms with Gasteiger partial charge in [-0.15, -0.1) is 0 Å². The first-order valence-corrected chi connectivity index (χ1v) is 8.73. The fourth-order valence-electron chi connectivity index (χ4n) is 2.82. The first-order valence-electron chi connectivity index (χ1n) is 6.91. The van der Waals surface area contributed by atoms with E-state index in [0.29, 0.717) is 5.75 Å². The van der Waals surface area contributed by atoms with Crippen molar-refractivity contribution < 1.29 is 8.42 Å². The van der Waals surface area contributed by atoms with Crippen LogP contribution in [0.15, 0.2) is 18.2 Å². The van der Waals surface area contributed by atoms with E-state index in [0.717, 1.165) is 12.8 Å². The van der Waals surface area contributed by atoms with E-state index in [9.17, 15) is 8.42 Å². The van der Waals surface area contributed by atoms with Gasteiger partial charge in [-0.2, -0.15) is 0 Å². The minimum Gasteiger partial charge on any atom is -0.306 e. The Kier molecular flexibility index (Phi) is 4.31. The minimum atomic E-state index is -2.84. The van der Waals surface area contributed by atoms with Gasteiger partial charge in [0.25, 0.3) is 0 Å². The van der Waals surface area contributed by atoms with Crippen molar-refractivity contribution in [3.63, 3.8) is 0 Å². The molecule has 3 nitrogen and oxygen atoms in total. The van der Waals surface area contributed by atoms with E-state index in [4.69, 9.17) is 0 Å². The van der Waals surface area contributed by atoms with Crippen molar-refractivity contribution >= 4 is 9.84 Å². The van der Waals surface area contributed by atoms with Crippen LogP contribution in [0.5, 0.6) is 0 Å². The fourth-order valence-corrected chi connectivity index (χ4v) is 4.47. The summed E-state index contributed by atoms with van der Waals surface area (Å²) in [6, 6.07) is 6.70. The van der Waals surface area contributed by atoms with E-state index in [1.807, 2.05) is 0 Å². The summed E-state index contributed by atoms with van der Waals surface area (Å²) in [7, 11) is -2.84. The van der Waals surface area contributed by atoms with Crippen LogP contribution in [0.3, 0.4) is 0 Å². The summed E-state index contributed by atoms with van der Waals surface area (Å²) in [6.07, 6.45) is 1.73. The van der Waals surface area contributed by atoms with Gasteiger partial charge in [0.05, 0.1) is 11.5 Å². The zero-order valence-corrected chi connectivity index (χ0v) is 12.8. The molecule has 1 aliphatic rings. The van der Waals surface area contributed by atoms with Crippen LogP contribution >= 0.6 is 0 Å². The number of rotatable bonds is 3. The summed E-state index contributed by atoms with van der Waals surface area (Å²) in [5, 5.41) is 3.48. The van der Waals surface area contributed by atoms with Gasteiger partial charge in [0, 0.05) is 12.1 Å². The highest BCUT2D eigenvalue weighted by molar-refractivity contribution is 7.91. The lowest BCUT2D eigenvalue weighted by Gasteiger charge is -2.27. The summed E-state index contributed by atoms with van der Waals surface area (Å²) in [5.74, 6) is 0.630. The smallest absolute Gasteiger partial charge is 0.151 e. The topological polar surface area (TPSA) is 46.2 Å². The van der Waals surface area contributed by atoms with Gasteiger partial charge >= 0.3 is 0 Å². The maximum absolute atomic E-state index is 11.7. The van der Waals surface area contributed by atoms with Crippen LogP contribution in [0.1, 0.15) is 42.5 Å². The van der Waals surface area contributed by atoms with Crippen LogP contribution in [0.4, 0.5) is 0 Å². The van der Waals surface area contributed by atoms with E-state index < -0.39 is 9.84 Å². The summed E-state index contributed by atoms with van der Waals surface area (Å²) in [5.41, 5.74) is 3.76. The van der Waals surface area contributed by atoms with Gasteiger partial charge in [-0.25, -0.2) is 8.42 Å². The molecule has 1 aromatic carbocycles.